The van der Waals surface area contributed by atoms with Gasteiger partial charge in [-0.05, 0) is 24.2 Å². The molecule has 0 radical (unpaired) electrons. The summed E-state index contributed by atoms with van der Waals surface area (Å²) in [6, 6.07) is 15.4. The van der Waals surface area contributed by atoms with Gasteiger partial charge >= 0.3 is 0 Å². The summed E-state index contributed by atoms with van der Waals surface area (Å²) >= 11 is 0. The number of rotatable bonds is 8. The average molecular weight is 405 g/mol. The molecule has 28 heavy (non-hydrogen) atoms. The average Bonchev–Trinajstić information content (AvgIpc) is 2.70. The van der Waals surface area contributed by atoms with E-state index in [1.807, 2.05) is 60.5 Å². The second kappa shape index (κ2) is 10.1. The van der Waals surface area contributed by atoms with Crippen LogP contribution in [-0.2, 0) is 28.9 Å². The Morgan fingerprint density at radius 3 is 2.36 bits per heavy atom. The van der Waals surface area contributed by atoms with Crippen LogP contribution in [0, 0.1) is 0 Å². The summed E-state index contributed by atoms with van der Waals surface area (Å²) in [4.78, 5) is 6.35. The Hall–Kier alpha value is -2.58. The second-order valence-electron chi connectivity index (χ2n) is 6.35. The molecule has 0 amide bonds. The van der Waals surface area contributed by atoms with Crippen molar-refractivity contribution in [3.05, 3.63) is 65.2 Å². The number of benzene rings is 2. The van der Waals surface area contributed by atoms with Gasteiger partial charge in [-0.25, -0.2) is 13.1 Å². The van der Waals surface area contributed by atoms with Crippen LogP contribution in [0.4, 0.5) is 0 Å². The highest BCUT2D eigenvalue weighted by molar-refractivity contribution is 7.88. The van der Waals surface area contributed by atoms with E-state index in [0.717, 1.165) is 28.4 Å². The molecule has 0 aliphatic rings. The van der Waals surface area contributed by atoms with Crippen LogP contribution in [-0.4, -0.2) is 47.5 Å². The van der Waals surface area contributed by atoms with Crippen LogP contribution in [0.15, 0.2) is 53.5 Å². The maximum Gasteiger partial charge on any atom is 0.215 e. The predicted molar refractivity (Wildman–Crippen MR) is 113 cm³/mol. The number of guanidine groups is 1. The highest BCUT2D eigenvalue weighted by Gasteiger charge is 2.11. The molecule has 2 N–H and O–H groups in total. The number of nitrogens with one attached hydrogen (secondary N) is 2. The lowest BCUT2D eigenvalue weighted by atomic mass is 10.1. The van der Waals surface area contributed by atoms with Gasteiger partial charge in [0.1, 0.15) is 5.75 Å². The maximum atomic E-state index is 11.6. The molecule has 7 nitrogen and oxygen atoms in total. The molecule has 0 spiro atoms. The zero-order valence-electron chi connectivity index (χ0n) is 16.8. The smallest absolute Gasteiger partial charge is 0.215 e. The largest absolute Gasteiger partial charge is 0.496 e. The van der Waals surface area contributed by atoms with E-state index in [0.29, 0.717) is 13.1 Å². The fraction of sp³-hybridized carbons (Fsp3) is 0.350. The van der Waals surface area contributed by atoms with Crippen LogP contribution >= 0.6 is 0 Å². The van der Waals surface area contributed by atoms with Gasteiger partial charge in [0.15, 0.2) is 5.96 Å². The summed E-state index contributed by atoms with van der Waals surface area (Å²) in [5.41, 5.74) is 2.86. The number of nitrogens with zero attached hydrogens (tertiary/aromatic N) is 2. The SMILES string of the molecule is CN=C(NCc1ccc(CS(=O)(=O)NC)cc1)N(C)Cc1ccccc1OC. The minimum Gasteiger partial charge on any atom is -0.496 e. The van der Waals surface area contributed by atoms with Crippen molar-refractivity contribution in [1.29, 1.82) is 0 Å². The van der Waals surface area contributed by atoms with Crippen molar-refractivity contribution in [2.24, 2.45) is 4.99 Å². The topological polar surface area (TPSA) is 83.0 Å². The molecular formula is C20H28N4O3S. The summed E-state index contributed by atoms with van der Waals surface area (Å²) in [6.45, 7) is 1.24. The number of para-hydroxylation sites is 1. The van der Waals surface area contributed by atoms with E-state index >= 15 is 0 Å². The Morgan fingerprint density at radius 1 is 1.11 bits per heavy atom. The first-order valence-electron chi connectivity index (χ1n) is 8.91. The van der Waals surface area contributed by atoms with E-state index in [1.54, 1.807) is 14.2 Å². The van der Waals surface area contributed by atoms with Gasteiger partial charge in [-0.2, -0.15) is 0 Å². The Bertz CT molecular complexity index is 896. The lowest BCUT2D eigenvalue weighted by Gasteiger charge is -2.23. The van der Waals surface area contributed by atoms with Crippen molar-refractivity contribution in [3.8, 4) is 5.75 Å². The lowest BCUT2D eigenvalue weighted by Crippen LogP contribution is -2.38. The number of sulfonamides is 1. The Kier molecular flexibility index (Phi) is 7.83. The van der Waals surface area contributed by atoms with E-state index in [2.05, 4.69) is 15.0 Å². The molecule has 0 aromatic heterocycles. The first kappa shape index (κ1) is 21.7. The summed E-state index contributed by atoms with van der Waals surface area (Å²) in [5.74, 6) is 1.57. The Morgan fingerprint density at radius 2 is 1.75 bits per heavy atom. The molecule has 2 rings (SSSR count). The first-order chi connectivity index (χ1) is 13.4. The van der Waals surface area contributed by atoms with Gasteiger partial charge in [0, 0.05) is 32.7 Å². The van der Waals surface area contributed by atoms with Crippen molar-refractivity contribution < 1.29 is 13.2 Å². The van der Waals surface area contributed by atoms with Gasteiger partial charge < -0.3 is 15.0 Å². The molecule has 0 saturated carbocycles. The van der Waals surface area contributed by atoms with Crippen LogP contribution in [0.2, 0.25) is 0 Å². The van der Waals surface area contributed by atoms with Gasteiger partial charge in [0.05, 0.1) is 12.9 Å². The van der Waals surface area contributed by atoms with Gasteiger partial charge in [-0.15, -0.1) is 0 Å². The van der Waals surface area contributed by atoms with Gasteiger partial charge in [0.25, 0.3) is 0 Å². The zero-order valence-corrected chi connectivity index (χ0v) is 17.6. The van der Waals surface area contributed by atoms with E-state index in [-0.39, 0.29) is 5.75 Å². The molecule has 0 aliphatic heterocycles. The fourth-order valence-corrected chi connectivity index (χ4v) is 3.55. The second-order valence-corrected chi connectivity index (χ2v) is 8.27. The fourth-order valence-electron chi connectivity index (χ4n) is 2.77. The third-order valence-electron chi connectivity index (χ3n) is 4.31. The predicted octanol–water partition coefficient (Wildman–Crippen LogP) is 1.95. The zero-order chi connectivity index (χ0) is 20.6. The van der Waals surface area contributed by atoms with Gasteiger partial charge in [0.2, 0.25) is 10.0 Å². The molecule has 0 aliphatic carbocycles. The summed E-state index contributed by atoms with van der Waals surface area (Å²) in [5, 5.41) is 3.33. The van der Waals surface area contributed by atoms with Crippen molar-refractivity contribution in [1.82, 2.24) is 14.9 Å². The minimum atomic E-state index is -3.26. The number of ether oxygens (including phenoxy) is 1. The van der Waals surface area contributed by atoms with E-state index < -0.39 is 10.0 Å². The van der Waals surface area contributed by atoms with Crippen LogP contribution in [0.3, 0.4) is 0 Å². The van der Waals surface area contributed by atoms with E-state index in [9.17, 15) is 8.42 Å². The molecule has 0 heterocycles. The monoisotopic (exact) mass is 404 g/mol. The summed E-state index contributed by atoms with van der Waals surface area (Å²) in [6.07, 6.45) is 0. The minimum absolute atomic E-state index is 0.0273. The molecule has 152 valence electrons. The Labute approximate surface area is 167 Å². The molecule has 0 fully saturated rings. The van der Waals surface area contributed by atoms with Crippen molar-refractivity contribution in [2.75, 3.05) is 28.3 Å². The van der Waals surface area contributed by atoms with Crippen LogP contribution < -0.4 is 14.8 Å². The standard InChI is InChI=1S/C20H28N4O3S/c1-21-20(24(3)14-18-7-5-6-8-19(18)27-4)23-13-16-9-11-17(12-10-16)15-28(25,26)22-2/h5-12,22H,13-15H2,1-4H3,(H,21,23). The molecule has 0 bridgehead atoms. The molecule has 2 aromatic carbocycles. The maximum absolute atomic E-state index is 11.6. The van der Waals surface area contributed by atoms with Crippen LogP contribution in [0.1, 0.15) is 16.7 Å². The highest BCUT2D eigenvalue weighted by Crippen LogP contribution is 2.18. The van der Waals surface area contributed by atoms with Gasteiger partial charge in [-0.3, -0.25) is 4.99 Å². The molecular weight excluding hydrogens is 376 g/mol. The van der Waals surface area contributed by atoms with Crippen molar-refractivity contribution in [2.45, 2.75) is 18.8 Å². The third-order valence-corrected chi connectivity index (χ3v) is 5.65. The molecule has 0 saturated heterocycles. The molecule has 2 aromatic rings. The molecule has 8 heteroatoms. The molecule has 0 atom stereocenters. The van der Waals surface area contributed by atoms with Crippen LogP contribution in [0.5, 0.6) is 5.75 Å². The Balaban J connectivity index is 1.96. The van der Waals surface area contributed by atoms with E-state index in [1.165, 1.54) is 7.05 Å². The van der Waals surface area contributed by atoms with Gasteiger partial charge in [-0.1, -0.05) is 42.5 Å². The lowest BCUT2D eigenvalue weighted by molar-refractivity contribution is 0.396. The summed E-state index contributed by atoms with van der Waals surface area (Å²) < 4.78 is 31.0. The van der Waals surface area contributed by atoms with Crippen molar-refractivity contribution >= 4 is 16.0 Å². The number of aliphatic imine (C=N–C) groups is 1. The first-order valence-corrected chi connectivity index (χ1v) is 10.6. The molecule has 0 unspecified atom stereocenters. The normalized spacial score (nSPS) is 11.9. The quantitative estimate of drug-likeness (QED) is 0.519. The number of hydrogen-bond donors (Lipinski definition) is 2. The van der Waals surface area contributed by atoms with E-state index in [4.69, 9.17) is 4.74 Å². The highest BCUT2D eigenvalue weighted by atomic mass is 32.2. The summed E-state index contributed by atoms with van der Waals surface area (Å²) in [7, 11) is 3.53. The van der Waals surface area contributed by atoms with Crippen molar-refractivity contribution in [3.63, 3.8) is 0 Å². The number of methoxy groups -OCH3 is 1. The number of hydrogen-bond acceptors (Lipinski definition) is 4. The van der Waals surface area contributed by atoms with Crippen LogP contribution in [0.25, 0.3) is 0 Å². The third kappa shape index (κ3) is 6.24.